The quantitative estimate of drug-likeness (QED) is 0.338. The molecule has 2 heterocycles. The molecular weight excluding hydrogens is 460 g/mol. The molecule has 0 amide bonds. The second-order valence-corrected chi connectivity index (χ2v) is 8.01. The van der Waals surface area contributed by atoms with Gasteiger partial charge in [0, 0.05) is 6.08 Å². The van der Waals surface area contributed by atoms with Gasteiger partial charge in [0.05, 0.1) is 25.7 Å². The minimum Gasteiger partial charge on any atom is -0.508 e. The molecule has 4 rings (SSSR count). The molecule has 0 aromatic heterocycles. The molecule has 10 nitrogen and oxygen atoms in total. The van der Waals surface area contributed by atoms with Crippen LogP contribution in [0.25, 0.3) is 6.08 Å². The summed E-state index contributed by atoms with van der Waals surface area (Å²) in [7, 11) is 1.15. The predicted octanol–water partition coefficient (Wildman–Crippen LogP) is 1.59. The minimum atomic E-state index is -1.92. The van der Waals surface area contributed by atoms with Crippen LogP contribution in [0.15, 0.2) is 60.7 Å². The molecule has 5 atom stereocenters. The first-order chi connectivity index (χ1) is 16.8. The average molecular weight is 484 g/mol. The van der Waals surface area contributed by atoms with Gasteiger partial charge in [0.25, 0.3) is 5.79 Å². The van der Waals surface area contributed by atoms with Crippen LogP contribution in [-0.4, -0.2) is 72.0 Å². The summed E-state index contributed by atoms with van der Waals surface area (Å²) in [6.07, 6.45) is -2.13. The normalized spacial score (nSPS) is 27.4. The number of carbonyl (C=O) groups is 3. The number of methoxy groups -OCH3 is 1. The zero-order valence-corrected chi connectivity index (χ0v) is 18.7. The fraction of sp³-hybridized carbons (Fsp3) is 0.320. The third kappa shape index (κ3) is 5.19. The van der Waals surface area contributed by atoms with Crippen LogP contribution in [0.2, 0.25) is 0 Å². The SMILES string of the molecule is COC(=O)[C@@]12CC(OC(=O)c3ccccc3)C(OC(=O)/C=C/c3ccc(O)cc3)[C@H](O1)[C@H](CO)O2. The number of rotatable bonds is 7. The van der Waals surface area contributed by atoms with Crippen molar-refractivity contribution >= 4 is 24.0 Å². The van der Waals surface area contributed by atoms with Crippen LogP contribution in [0, 0.1) is 0 Å². The highest BCUT2D eigenvalue weighted by molar-refractivity contribution is 5.90. The second kappa shape index (κ2) is 10.3. The lowest BCUT2D eigenvalue weighted by Gasteiger charge is -2.38. The maximum Gasteiger partial charge on any atom is 0.366 e. The number of hydrogen-bond donors (Lipinski definition) is 2. The van der Waals surface area contributed by atoms with Crippen LogP contribution in [0.1, 0.15) is 22.3 Å². The number of esters is 3. The number of phenols is 1. The number of aliphatic hydroxyl groups is 1. The predicted molar refractivity (Wildman–Crippen MR) is 119 cm³/mol. The monoisotopic (exact) mass is 484 g/mol. The molecule has 2 bridgehead atoms. The van der Waals surface area contributed by atoms with Gasteiger partial charge in [0.15, 0.2) is 6.10 Å². The van der Waals surface area contributed by atoms with E-state index in [1.54, 1.807) is 42.5 Å². The topological polar surface area (TPSA) is 138 Å². The fourth-order valence-corrected chi connectivity index (χ4v) is 4.03. The van der Waals surface area contributed by atoms with E-state index in [4.69, 9.17) is 23.7 Å². The Morgan fingerprint density at radius 1 is 1.06 bits per heavy atom. The lowest BCUT2D eigenvalue weighted by molar-refractivity contribution is -0.249. The molecule has 2 aliphatic heterocycles. The number of aromatic hydroxyl groups is 1. The van der Waals surface area contributed by atoms with Gasteiger partial charge in [-0.1, -0.05) is 30.3 Å². The van der Waals surface area contributed by atoms with Gasteiger partial charge in [0.2, 0.25) is 0 Å². The standard InChI is InChI=1S/C25H24O10/c1-31-24(30)25-13-18(32-23(29)16-5-3-2-4-6-16)21(22(35-25)19(14-26)34-25)33-20(28)12-9-15-7-10-17(27)11-8-15/h2-12,18-19,21-22,26-27H,13-14H2,1H3/b12-9+/t18?,19-,21?,22+,25+/m0/s1. The fourth-order valence-electron chi connectivity index (χ4n) is 4.03. The lowest BCUT2D eigenvalue weighted by Crippen LogP contribution is -2.56. The summed E-state index contributed by atoms with van der Waals surface area (Å²) >= 11 is 0. The Labute approximate surface area is 200 Å². The van der Waals surface area contributed by atoms with Crippen molar-refractivity contribution in [3.8, 4) is 5.75 Å². The first-order valence-corrected chi connectivity index (χ1v) is 10.8. The van der Waals surface area contributed by atoms with Crippen LogP contribution in [-0.2, 0) is 33.3 Å². The van der Waals surface area contributed by atoms with Gasteiger partial charge in [0.1, 0.15) is 24.1 Å². The van der Waals surface area contributed by atoms with Gasteiger partial charge in [-0.15, -0.1) is 0 Å². The summed E-state index contributed by atoms with van der Waals surface area (Å²) in [5, 5.41) is 19.2. The number of hydrogen-bond acceptors (Lipinski definition) is 10. The van der Waals surface area contributed by atoms with Crippen molar-refractivity contribution in [2.75, 3.05) is 13.7 Å². The third-order valence-electron chi connectivity index (χ3n) is 5.70. The van der Waals surface area contributed by atoms with Crippen molar-refractivity contribution in [1.29, 1.82) is 0 Å². The van der Waals surface area contributed by atoms with Crippen molar-refractivity contribution in [2.45, 2.75) is 36.6 Å². The highest BCUT2D eigenvalue weighted by Crippen LogP contribution is 2.43. The first-order valence-electron chi connectivity index (χ1n) is 10.8. The van der Waals surface area contributed by atoms with Gasteiger partial charge in [-0.25, -0.2) is 14.4 Å². The average Bonchev–Trinajstić information content (AvgIpc) is 3.20. The van der Waals surface area contributed by atoms with Gasteiger partial charge in [-0.3, -0.25) is 0 Å². The van der Waals surface area contributed by atoms with Crippen molar-refractivity contribution in [1.82, 2.24) is 0 Å². The second-order valence-electron chi connectivity index (χ2n) is 8.01. The van der Waals surface area contributed by atoms with Gasteiger partial charge >= 0.3 is 17.9 Å². The number of aliphatic hydroxyl groups excluding tert-OH is 1. The summed E-state index contributed by atoms with van der Waals surface area (Å²) in [6, 6.07) is 14.3. The maximum absolute atomic E-state index is 12.8. The first kappa shape index (κ1) is 24.4. The smallest absolute Gasteiger partial charge is 0.366 e. The Morgan fingerprint density at radius 2 is 1.77 bits per heavy atom. The molecule has 0 radical (unpaired) electrons. The molecule has 0 aliphatic carbocycles. The van der Waals surface area contributed by atoms with Crippen LogP contribution >= 0.6 is 0 Å². The third-order valence-corrected chi connectivity index (χ3v) is 5.70. The Kier molecular flexibility index (Phi) is 7.15. The molecule has 2 aliphatic rings. The molecule has 2 aromatic rings. The van der Waals surface area contributed by atoms with E-state index < -0.39 is 54.7 Å². The Morgan fingerprint density at radius 3 is 2.43 bits per heavy atom. The van der Waals surface area contributed by atoms with E-state index in [1.165, 1.54) is 18.2 Å². The van der Waals surface area contributed by atoms with Crippen molar-refractivity contribution < 1.29 is 48.3 Å². The molecule has 0 spiro atoms. The minimum absolute atomic E-state index is 0.0810. The number of benzene rings is 2. The lowest BCUT2D eigenvalue weighted by atomic mass is 9.95. The van der Waals surface area contributed by atoms with Crippen molar-refractivity contribution in [3.05, 3.63) is 71.8 Å². The van der Waals surface area contributed by atoms with E-state index in [0.29, 0.717) is 5.56 Å². The van der Waals surface area contributed by atoms with Crippen LogP contribution in [0.4, 0.5) is 0 Å². The molecule has 2 N–H and O–H groups in total. The molecule has 184 valence electrons. The Hall–Kier alpha value is -3.73. The van der Waals surface area contributed by atoms with E-state index in [1.807, 2.05) is 0 Å². The van der Waals surface area contributed by atoms with Gasteiger partial charge in [-0.05, 0) is 35.9 Å². The maximum atomic E-state index is 12.8. The Bertz CT molecular complexity index is 1100. The number of ether oxygens (including phenoxy) is 5. The highest BCUT2D eigenvalue weighted by Gasteiger charge is 2.64. The molecule has 2 unspecified atom stereocenters. The van der Waals surface area contributed by atoms with Gasteiger partial charge < -0.3 is 33.9 Å². The van der Waals surface area contributed by atoms with E-state index in [2.05, 4.69) is 0 Å². The number of phenolic OH excluding ortho intramolecular Hbond substituents is 1. The van der Waals surface area contributed by atoms with Crippen LogP contribution in [0.5, 0.6) is 5.75 Å². The zero-order valence-electron chi connectivity index (χ0n) is 18.7. The molecule has 2 saturated heterocycles. The number of carbonyl (C=O) groups excluding carboxylic acids is 3. The molecule has 10 heteroatoms. The molecule has 2 fully saturated rings. The van der Waals surface area contributed by atoms with Crippen LogP contribution < -0.4 is 0 Å². The summed E-state index contributed by atoms with van der Waals surface area (Å²) in [4.78, 5) is 37.9. The summed E-state index contributed by atoms with van der Waals surface area (Å²) < 4.78 is 27.5. The zero-order chi connectivity index (χ0) is 25.0. The highest BCUT2D eigenvalue weighted by atomic mass is 16.8. The van der Waals surface area contributed by atoms with Gasteiger partial charge in [-0.2, -0.15) is 0 Å². The molecule has 35 heavy (non-hydrogen) atoms. The van der Waals surface area contributed by atoms with Crippen LogP contribution in [0.3, 0.4) is 0 Å². The molecular formula is C25H24O10. The van der Waals surface area contributed by atoms with E-state index in [9.17, 15) is 24.6 Å². The largest absolute Gasteiger partial charge is 0.508 e. The molecule has 0 saturated carbocycles. The van der Waals surface area contributed by atoms with Crippen molar-refractivity contribution in [2.24, 2.45) is 0 Å². The Balaban J connectivity index is 1.58. The van der Waals surface area contributed by atoms with E-state index in [-0.39, 0.29) is 17.7 Å². The summed E-state index contributed by atoms with van der Waals surface area (Å²) in [5.74, 6) is -4.17. The summed E-state index contributed by atoms with van der Waals surface area (Å²) in [5.41, 5.74) is 0.893. The number of fused-ring (bicyclic) bond motifs is 2. The molecule has 2 aromatic carbocycles. The summed E-state index contributed by atoms with van der Waals surface area (Å²) in [6.45, 7) is -0.542. The van der Waals surface area contributed by atoms with Crippen molar-refractivity contribution in [3.63, 3.8) is 0 Å². The van der Waals surface area contributed by atoms with E-state index in [0.717, 1.165) is 13.2 Å². The van der Waals surface area contributed by atoms with E-state index >= 15 is 0 Å².